The number of piperidine rings is 1. The summed E-state index contributed by atoms with van der Waals surface area (Å²) in [5, 5.41) is 3.83. The molecule has 0 spiro atoms. The molecule has 8 heteroatoms. The molecular formula is C28H36N4O4. The maximum Gasteiger partial charge on any atom is 0.256 e. The number of carbonyl (C=O) groups excluding carboxylic acids is 2. The predicted molar refractivity (Wildman–Crippen MR) is 140 cm³/mol. The summed E-state index contributed by atoms with van der Waals surface area (Å²) in [6.07, 6.45) is 3.41. The summed E-state index contributed by atoms with van der Waals surface area (Å²) in [4.78, 5) is 42.9. The first-order chi connectivity index (χ1) is 17.3. The van der Waals surface area contributed by atoms with Crippen molar-refractivity contribution in [2.45, 2.75) is 59.5 Å². The standard InChI is InChI=1S/C28H36N4O4/c1-5-8-25(33)31-13-11-20(12-14-31)17-32-19(3)26(21-9-6-7-10-23(21)32)28(35)29-16-22-24(36-4)15-18(2)30-27(22)34/h6-7,9-10,15,20H,5,8,11-14,16-17H2,1-4H3,(H,29,35)(H,30,34). The number of nitrogens with zero attached hydrogens (tertiary/aromatic N) is 2. The smallest absolute Gasteiger partial charge is 0.256 e. The number of aromatic amines is 1. The number of methoxy groups -OCH3 is 1. The maximum atomic E-state index is 13.4. The zero-order chi connectivity index (χ0) is 25.8. The molecule has 1 aromatic carbocycles. The molecule has 0 atom stereocenters. The maximum absolute atomic E-state index is 13.4. The van der Waals surface area contributed by atoms with Crippen LogP contribution >= 0.6 is 0 Å². The van der Waals surface area contributed by atoms with E-state index in [1.165, 1.54) is 7.11 Å². The Kier molecular flexibility index (Phi) is 7.82. The fourth-order valence-electron chi connectivity index (χ4n) is 5.24. The Morgan fingerprint density at radius 2 is 1.89 bits per heavy atom. The summed E-state index contributed by atoms with van der Waals surface area (Å²) >= 11 is 0. The Hall–Kier alpha value is -3.55. The summed E-state index contributed by atoms with van der Waals surface area (Å²) in [5.41, 5.74) is 3.38. The average molecular weight is 493 g/mol. The van der Waals surface area contributed by atoms with Gasteiger partial charge in [0.05, 0.1) is 24.8 Å². The van der Waals surface area contributed by atoms with Gasteiger partial charge in [-0.25, -0.2) is 0 Å². The van der Waals surface area contributed by atoms with E-state index in [9.17, 15) is 14.4 Å². The fraction of sp³-hybridized carbons (Fsp3) is 0.464. The first-order valence-corrected chi connectivity index (χ1v) is 12.7. The minimum Gasteiger partial charge on any atom is -0.496 e. The molecule has 192 valence electrons. The van der Waals surface area contributed by atoms with Crippen molar-refractivity contribution in [1.29, 1.82) is 0 Å². The van der Waals surface area contributed by atoms with Crippen LogP contribution in [-0.4, -0.2) is 46.5 Å². The van der Waals surface area contributed by atoms with E-state index in [2.05, 4.69) is 14.9 Å². The second-order valence-corrected chi connectivity index (χ2v) is 9.67. The van der Waals surface area contributed by atoms with Crippen LogP contribution in [-0.2, 0) is 17.9 Å². The number of H-pyrrole nitrogens is 1. The van der Waals surface area contributed by atoms with Gasteiger partial charge in [-0.3, -0.25) is 14.4 Å². The van der Waals surface area contributed by atoms with Gasteiger partial charge >= 0.3 is 0 Å². The number of amides is 2. The van der Waals surface area contributed by atoms with E-state index in [-0.39, 0.29) is 23.9 Å². The van der Waals surface area contributed by atoms with Crippen molar-refractivity contribution in [3.05, 3.63) is 63.2 Å². The summed E-state index contributed by atoms with van der Waals surface area (Å²) in [7, 11) is 1.52. The molecule has 1 aliphatic rings. The molecule has 0 aliphatic carbocycles. The number of para-hydroxylation sites is 1. The van der Waals surface area contributed by atoms with Gasteiger partial charge in [0.25, 0.3) is 11.5 Å². The number of fused-ring (bicyclic) bond motifs is 1. The molecule has 0 saturated carbocycles. The predicted octanol–water partition coefficient (Wildman–Crippen LogP) is 3.92. The second-order valence-electron chi connectivity index (χ2n) is 9.67. The molecule has 36 heavy (non-hydrogen) atoms. The van der Waals surface area contributed by atoms with E-state index < -0.39 is 0 Å². The van der Waals surface area contributed by atoms with E-state index in [1.807, 2.05) is 43.0 Å². The number of ether oxygens (including phenoxy) is 1. The molecule has 2 N–H and O–H groups in total. The van der Waals surface area contributed by atoms with Gasteiger partial charge in [-0.1, -0.05) is 25.1 Å². The van der Waals surface area contributed by atoms with Gasteiger partial charge in [0.15, 0.2) is 0 Å². The molecule has 1 aliphatic heterocycles. The quantitative estimate of drug-likeness (QED) is 0.498. The molecule has 0 radical (unpaired) electrons. The van der Waals surface area contributed by atoms with Crippen molar-refractivity contribution in [1.82, 2.24) is 19.8 Å². The lowest BCUT2D eigenvalue weighted by molar-refractivity contribution is -0.132. The van der Waals surface area contributed by atoms with Crippen molar-refractivity contribution in [3.8, 4) is 5.75 Å². The highest BCUT2D eigenvalue weighted by Crippen LogP contribution is 2.29. The minimum atomic E-state index is -0.268. The molecular weight excluding hydrogens is 456 g/mol. The Labute approximate surface area is 211 Å². The molecule has 3 aromatic rings. The highest BCUT2D eigenvalue weighted by atomic mass is 16.5. The first-order valence-electron chi connectivity index (χ1n) is 12.7. The Morgan fingerprint density at radius 1 is 1.17 bits per heavy atom. The lowest BCUT2D eigenvalue weighted by atomic mass is 9.96. The molecule has 8 nitrogen and oxygen atoms in total. The average Bonchev–Trinajstić information content (AvgIpc) is 3.14. The summed E-state index contributed by atoms with van der Waals surface area (Å²) in [6.45, 7) is 8.27. The molecule has 0 unspecified atom stereocenters. The zero-order valence-electron chi connectivity index (χ0n) is 21.6. The normalized spacial score (nSPS) is 14.3. The minimum absolute atomic E-state index is 0.0703. The van der Waals surface area contributed by atoms with Crippen molar-refractivity contribution in [2.24, 2.45) is 5.92 Å². The van der Waals surface area contributed by atoms with Crippen LogP contribution in [0.2, 0.25) is 0 Å². The molecule has 1 saturated heterocycles. The van der Waals surface area contributed by atoms with Crippen molar-refractivity contribution in [3.63, 3.8) is 0 Å². The molecule has 1 fully saturated rings. The van der Waals surface area contributed by atoms with Crippen LogP contribution in [0, 0.1) is 19.8 Å². The first kappa shape index (κ1) is 25.5. The zero-order valence-corrected chi connectivity index (χ0v) is 21.6. The van der Waals surface area contributed by atoms with Crippen LogP contribution in [0.25, 0.3) is 10.9 Å². The van der Waals surface area contributed by atoms with Crippen molar-refractivity contribution < 1.29 is 14.3 Å². The number of rotatable bonds is 8. The van der Waals surface area contributed by atoms with Crippen LogP contribution in [0.1, 0.15) is 59.9 Å². The summed E-state index contributed by atoms with van der Waals surface area (Å²) < 4.78 is 7.60. The third-order valence-electron chi connectivity index (χ3n) is 7.21. The number of likely N-dealkylation sites (tertiary alicyclic amines) is 1. The summed E-state index contributed by atoms with van der Waals surface area (Å²) in [6, 6.07) is 9.70. The van der Waals surface area contributed by atoms with E-state index in [0.29, 0.717) is 34.9 Å². The number of nitrogens with one attached hydrogen (secondary N) is 2. The lowest BCUT2D eigenvalue weighted by Crippen LogP contribution is -2.39. The number of hydrogen-bond acceptors (Lipinski definition) is 4. The molecule has 3 heterocycles. The number of pyridine rings is 1. The lowest BCUT2D eigenvalue weighted by Gasteiger charge is -2.32. The largest absolute Gasteiger partial charge is 0.496 e. The molecule has 2 amide bonds. The number of carbonyl (C=O) groups is 2. The number of benzene rings is 1. The van der Waals surface area contributed by atoms with E-state index in [0.717, 1.165) is 55.5 Å². The highest BCUT2D eigenvalue weighted by molar-refractivity contribution is 6.08. The SMILES string of the molecule is CCCC(=O)N1CCC(Cn2c(C)c(C(=O)NCc3c(OC)cc(C)[nH]c3=O)c3ccccc32)CC1. The van der Waals surface area contributed by atoms with Crippen molar-refractivity contribution in [2.75, 3.05) is 20.2 Å². The third kappa shape index (κ3) is 5.17. The van der Waals surface area contributed by atoms with Gasteiger partial charge < -0.3 is 24.5 Å². The van der Waals surface area contributed by atoms with Gasteiger partial charge in [0, 0.05) is 48.3 Å². The second kappa shape index (κ2) is 11.0. The Bertz CT molecular complexity index is 1320. The van der Waals surface area contributed by atoms with Crippen LogP contribution in [0.4, 0.5) is 0 Å². The van der Waals surface area contributed by atoms with E-state index >= 15 is 0 Å². The van der Waals surface area contributed by atoms with Crippen molar-refractivity contribution >= 4 is 22.7 Å². The molecule has 2 aromatic heterocycles. The third-order valence-corrected chi connectivity index (χ3v) is 7.21. The van der Waals surface area contributed by atoms with E-state index in [4.69, 9.17) is 4.74 Å². The molecule has 4 rings (SSSR count). The number of aryl methyl sites for hydroxylation is 1. The van der Waals surface area contributed by atoms with Crippen LogP contribution < -0.4 is 15.6 Å². The number of hydrogen-bond donors (Lipinski definition) is 2. The number of aromatic nitrogens is 2. The van der Waals surface area contributed by atoms with Gasteiger partial charge in [0.1, 0.15) is 5.75 Å². The molecule has 0 bridgehead atoms. The summed E-state index contributed by atoms with van der Waals surface area (Å²) in [5.74, 6) is 0.932. The fourth-order valence-corrected chi connectivity index (χ4v) is 5.24. The van der Waals surface area contributed by atoms with E-state index in [1.54, 1.807) is 13.0 Å². The van der Waals surface area contributed by atoms with Gasteiger partial charge in [0.2, 0.25) is 5.91 Å². The topological polar surface area (TPSA) is 96.4 Å². The van der Waals surface area contributed by atoms with Crippen LogP contribution in [0.15, 0.2) is 35.1 Å². The Morgan fingerprint density at radius 3 is 2.58 bits per heavy atom. The van der Waals surface area contributed by atoms with Crippen LogP contribution in [0.3, 0.4) is 0 Å². The highest BCUT2D eigenvalue weighted by Gasteiger charge is 2.26. The van der Waals surface area contributed by atoms with Gasteiger partial charge in [-0.2, -0.15) is 0 Å². The monoisotopic (exact) mass is 492 g/mol. The van der Waals surface area contributed by atoms with Gasteiger partial charge in [-0.05, 0) is 51.2 Å². The van der Waals surface area contributed by atoms with Gasteiger partial charge in [-0.15, -0.1) is 0 Å². The Balaban J connectivity index is 1.53. The van der Waals surface area contributed by atoms with Crippen LogP contribution in [0.5, 0.6) is 5.75 Å².